The number of aromatic hydroxyl groups is 1. The summed E-state index contributed by atoms with van der Waals surface area (Å²) in [5, 5.41) is 26.2. The van der Waals surface area contributed by atoms with Crippen LogP contribution in [0.15, 0.2) is 51.8 Å². The lowest BCUT2D eigenvalue weighted by molar-refractivity contribution is -0.135. The Kier molecular flexibility index (Phi) is 23.7. The molecule has 0 radical (unpaired) electrons. The van der Waals surface area contributed by atoms with E-state index in [0.717, 1.165) is 5.56 Å². The average Bonchev–Trinajstić information content (AvgIpc) is 3.75. The monoisotopic (exact) mass is 913 g/mol. The van der Waals surface area contributed by atoms with Gasteiger partial charge in [0.25, 0.3) is 0 Å². The molecule has 0 unspecified atom stereocenters. The first-order chi connectivity index (χ1) is 30.8. The number of amides is 6. The number of hydrogen-bond donors (Lipinski definition) is 15. The zero-order chi connectivity index (χ0) is 48.5. The molecule has 360 valence electrons. The zero-order valence-electron chi connectivity index (χ0n) is 37.2. The van der Waals surface area contributed by atoms with Crippen LogP contribution in [0.3, 0.4) is 0 Å². The summed E-state index contributed by atoms with van der Waals surface area (Å²) in [6, 6.07) is -0.628. The highest BCUT2D eigenvalue weighted by molar-refractivity contribution is 5.96. The lowest BCUT2D eigenvalue weighted by atomic mass is 10.0. The van der Waals surface area contributed by atoms with Gasteiger partial charge in [0.05, 0.1) is 12.4 Å². The first kappa shape index (κ1) is 54.0. The molecule has 25 nitrogen and oxygen atoms in total. The van der Waals surface area contributed by atoms with Crippen molar-refractivity contribution in [3.8, 4) is 5.75 Å². The second kappa shape index (κ2) is 28.5. The summed E-state index contributed by atoms with van der Waals surface area (Å²) in [5.74, 6) is -4.81. The number of nitrogens with two attached hydrogens (primary N) is 7. The molecule has 22 N–H and O–H groups in total. The van der Waals surface area contributed by atoms with Gasteiger partial charge >= 0.3 is 0 Å². The number of phenolic OH excluding ortho intramolecular Hbond substituents is 1. The molecule has 2 aromatic rings. The lowest BCUT2D eigenvalue weighted by Crippen LogP contribution is -2.60. The van der Waals surface area contributed by atoms with Gasteiger partial charge in [-0.05, 0) is 82.0 Å². The maximum atomic E-state index is 14.3. The number of phenols is 1. The first-order valence-electron chi connectivity index (χ1n) is 21.2. The van der Waals surface area contributed by atoms with Crippen molar-refractivity contribution in [1.82, 2.24) is 41.9 Å². The lowest BCUT2D eigenvalue weighted by Gasteiger charge is -2.27. The number of guanidine groups is 3. The summed E-state index contributed by atoms with van der Waals surface area (Å²) in [5.41, 5.74) is 39.7. The number of aromatic nitrogens is 2. The van der Waals surface area contributed by atoms with Crippen molar-refractivity contribution in [2.75, 3.05) is 26.7 Å². The second-order valence-corrected chi connectivity index (χ2v) is 15.7. The van der Waals surface area contributed by atoms with Crippen LogP contribution in [-0.2, 0) is 41.6 Å². The second-order valence-electron chi connectivity index (χ2n) is 15.7. The van der Waals surface area contributed by atoms with Crippen LogP contribution in [0, 0.1) is 5.92 Å². The Bertz CT molecular complexity index is 1910. The molecular weight excluding hydrogens is 845 g/mol. The maximum absolute atomic E-state index is 14.3. The van der Waals surface area contributed by atoms with E-state index in [0.29, 0.717) is 5.69 Å². The van der Waals surface area contributed by atoms with Gasteiger partial charge in [0.15, 0.2) is 17.9 Å². The van der Waals surface area contributed by atoms with E-state index < -0.39 is 71.7 Å². The van der Waals surface area contributed by atoms with E-state index >= 15 is 0 Å². The number of nitrogens with zero attached hydrogens (tertiary/aromatic N) is 4. The molecular formula is C40H68N18O7. The summed E-state index contributed by atoms with van der Waals surface area (Å²) >= 11 is 0. The Morgan fingerprint density at radius 2 is 1.00 bits per heavy atom. The van der Waals surface area contributed by atoms with Gasteiger partial charge in [0, 0.05) is 37.9 Å². The molecule has 1 heterocycles. The van der Waals surface area contributed by atoms with Crippen LogP contribution in [0.2, 0.25) is 0 Å². The van der Waals surface area contributed by atoms with Crippen LogP contribution in [0.25, 0.3) is 0 Å². The number of benzene rings is 1. The van der Waals surface area contributed by atoms with Gasteiger partial charge in [0.2, 0.25) is 35.4 Å². The van der Waals surface area contributed by atoms with E-state index in [9.17, 15) is 33.9 Å². The van der Waals surface area contributed by atoms with Gasteiger partial charge in [0.1, 0.15) is 36.0 Å². The van der Waals surface area contributed by atoms with Crippen molar-refractivity contribution in [2.45, 2.75) is 108 Å². The molecule has 1 aromatic carbocycles. The Morgan fingerprint density at radius 3 is 1.37 bits per heavy atom. The van der Waals surface area contributed by atoms with E-state index in [4.69, 9.17) is 40.1 Å². The first-order valence-corrected chi connectivity index (χ1v) is 21.2. The fraction of sp³-hybridized carbons (Fsp3) is 0.550. The number of hydrogen-bond acceptors (Lipinski definition) is 12. The molecule has 6 amide bonds. The van der Waals surface area contributed by atoms with Crippen molar-refractivity contribution < 1.29 is 33.9 Å². The third-order valence-electron chi connectivity index (χ3n) is 9.75. The van der Waals surface area contributed by atoms with E-state index in [-0.39, 0.29) is 107 Å². The van der Waals surface area contributed by atoms with Gasteiger partial charge < -0.3 is 82.1 Å². The highest BCUT2D eigenvalue weighted by atomic mass is 16.3. The predicted molar refractivity (Wildman–Crippen MR) is 245 cm³/mol. The molecule has 25 heteroatoms. The minimum atomic E-state index is -1.35. The summed E-state index contributed by atoms with van der Waals surface area (Å²) < 4.78 is 0. The molecule has 0 aliphatic heterocycles. The van der Waals surface area contributed by atoms with Crippen molar-refractivity contribution in [3.63, 3.8) is 0 Å². The highest BCUT2D eigenvalue weighted by Gasteiger charge is 2.33. The number of likely N-dealkylation sites (N-methyl/N-ethyl adjacent to an activating group) is 1. The van der Waals surface area contributed by atoms with E-state index in [1.54, 1.807) is 19.2 Å². The van der Waals surface area contributed by atoms with Crippen LogP contribution in [0.5, 0.6) is 5.75 Å². The van der Waals surface area contributed by atoms with E-state index in [2.05, 4.69) is 56.8 Å². The summed E-state index contributed by atoms with van der Waals surface area (Å²) in [7, 11) is 1.58. The van der Waals surface area contributed by atoms with Crippen LogP contribution < -0.4 is 72.0 Å². The third kappa shape index (κ3) is 21.6. The molecule has 1 aromatic heterocycles. The number of rotatable bonds is 30. The SMILES string of the molecule is CN[C@@H](Cc1ccc(O)cc1)C(=O)N[C@@H](CCCN=C(N)N)C(=O)N[C@@H](Cc1cnc[nH]1)C(=O)N[C@@H](CCCN=C(N)N)C(=O)N[C@@H](CCCN=C(N)N)C(=O)N[C@@H](CC(C)C)C(N)=O. The third-order valence-corrected chi connectivity index (χ3v) is 9.75. The number of aromatic amines is 1. The van der Waals surface area contributed by atoms with Crippen LogP contribution >= 0.6 is 0 Å². The van der Waals surface area contributed by atoms with Gasteiger partial charge in [-0.25, -0.2) is 4.98 Å². The molecule has 0 spiro atoms. The van der Waals surface area contributed by atoms with Crippen LogP contribution in [0.4, 0.5) is 0 Å². The molecule has 6 atom stereocenters. The van der Waals surface area contributed by atoms with Gasteiger partial charge in [-0.1, -0.05) is 26.0 Å². The van der Waals surface area contributed by atoms with E-state index in [1.165, 1.54) is 24.7 Å². The largest absolute Gasteiger partial charge is 0.508 e. The standard InChI is InChI=1S/C40H68N18O7/c1-22(2)17-29(32(41)60)57-34(62)27(8-5-15-51-39(44)45)54-33(61)26(7-4-14-50-38(42)43)56-37(65)31(19-24-20-49-21-53-24)58-35(63)28(9-6-16-52-40(46)47)55-36(64)30(48-3)18-23-10-12-25(59)13-11-23/h10-13,20-22,26-31,48,59H,4-9,14-19H2,1-3H3,(H2,41,60)(H,49,53)(H,54,61)(H,55,64)(H,56,65)(H,57,62)(H,58,63)(H4,42,43,50)(H4,44,45,51)(H4,46,47,52)/t26-,27-,28-,29-,30-,31-/m0/s1. The number of nitrogens with one attached hydrogen (secondary N) is 7. The number of primary amides is 1. The Labute approximate surface area is 377 Å². The smallest absolute Gasteiger partial charge is 0.243 e. The molecule has 0 bridgehead atoms. The van der Waals surface area contributed by atoms with Crippen molar-refractivity contribution >= 4 is 53.3 Å². The molecule has 0 aliphatic carbocycles. The highest BCUT2D eigenvalue weighted by Crippen LogP contribution is 2.13. The topological polar surface area (TPSA) is 443 Å². The number of imidazole rings is 1. The van der Waals surface area contributed by atoms with E-state index in [1.807, 2.05) is 13.8 Å². The molecule has 65 heavy (non-hydrogen) atoms. The molecule has 0 saturated heterocycles. The van der Waals surface area contributed by atoms with Crippen LogP contribution in [-0.4, -0.2) is 131 Å². The van der Waals surface area contributed by atoms with Gasteiger partial charge in [-0.2, -0.15) is 0 Å². The van der Waals surface area contributed by atoms with Gasteiger partial charge in [-0.15, -0.1) is 0 Å². The Hall–Kier alpha value is -7.18. The number of H-pyrrole nitrogens is 1. The summed E-state index contributed by atoms with van der Waals surface area (Å²) in [4.78, 5) is 101. The van der Waals surface area contributed by atoms with Crippen LogP contribution in [0.1, 0.15) is 70.1 Å². The Balaban J connectivity index is 2.46. The number of carbonyl (C=O) groups is 6. The molecule has 0 fully saturated rings. The quantitative estimate of drug-likeness (QED) is 0.0200. The minimum absolute atomic E-state index is 0.0132. The predicted octanol–water partition coefficient (Wildman–Crippen LogP) is -4.40. The fourth-order valence-corrected chi connectivity index (χ4v) is 6.42. The number of carbonyl (C=O) groups excluding carboxylic acids is 6. The minimum Gasteiger partial charge on any atom is -0.508 e. The van der Waals surface area contributed by atoms with Crippen molar-refractivity contribution in [1.29, 1.82) is 0 Å². The fourth-order valence-electron chi connectivity index (χ4n) is 6.42. The number of aliphatic imine (C=N–C) groups is 3. The normalized spacial score (nSPS) is 13.7. The molecule has 0 saturated carbocycles. The average molecular weight is 913 g/mol. The maximum Gasteiger partial charge on any atom is 0.243 e. The zero-order valence-corrected chi connectivity index (χ0v) is 37.2. The summed E-state index contributed by atoms with van der Waals surface area (Å²) in [6.07, 6.45) is 3.87. The van der Waals surface area contributed by atoms with Gasteiger partial charge in [-0.3, -0.25) is 43.7 Å². The molecule has 0 aliphatic rings. The molecule has 2 rings (SSSR count). The Morgan fingerprint density at radius 1 is 0.600 bits per heavy atom. The van der Waals surface area contributed by atoms with Crippen molar-refractivity contribution in [2.24, 2.45) is 61.0 Å². The summed E-state index contributed by atoms with van der Waals surface area (Å²) in [6.45, 7) is 4.02. The van der Waals surface area contributed by atoms with Crippen molar-refractivity contribution in [3.05, 3.63) is 48.0 Å².